The first kappa shape index (κ1) is 14.3. The number of nitrogens with one attached hydrogen (secondary N) is 1. The molecule has 1 aromatic heterocycles. The standard InChI is InChI=1S/C12H18N4O4/c1-15-7-9(16(19)20)11(14-15)13-10(12(17)18)8-5-3-2-4-6-8/h7-8,10H,2-6H2,1H3,(H,13,14)(H,17,18). The van der Waals surface area contributed by atoms with Gasteiger partial charge in [-0.25, -0.2) is 4.79 Å². The molecule has 8 heteroatoms. The van der Waals surface area contributed by atoms with Crippen LogP contribution in [0.2, 0.25) is 0 Å². The number of hydrogen-bond donors (Lipinski definition) is 2. The SMILES string of the molecule is Cn1cc([N+](=O)[O-])c(NC(C(=O)O)C2CCCCC2)n1. The normalized spacial score (nSPS) is 17.6. The second-order valence-electron chi connectivity index (χ2n) is 5.15. The lowest BCUT2D eigenvalue weighted by molar-refractivity contribution is -0.384. The summed E-state index contributed by atoms with van der Waals surface area (Å²) in [6.07, 6.45) is 6.03. The third-order valence-electron chi connectivity index (χ3n) is 3.69. The highest BCUT2D eigenvalue weighted by atomic mass is 16.6. The quantitative estimate of drug-likeness (QED) is 0.629. The molecule has 110 valence electrons. The van der Waals surface area contributed by atoms with E-state index in [1.807, 2.05) is 0 Å². The van der Waals surface area contributed by atoms with Crippen molar-refractivity contribution in [1.29, 1.82) is 0 Å². The van der Waals surface area contributed by atoms with E-state index in [1.165, 1.54) is 10.9 Å². The molecule has 0 spiro atoms. The molecule has 1 aliphatic carbocycles. The van der Waals surface area contributed by atoms with Gasteiger partial charge in [0.05, 0.1) is 4.92 Å². The van der Waals surface area contributed by atoms with Crippen molar-refractivity contribution in [3.8, 4) is 0 Å². The molecule has 0 amide bonds. The molecular formula is C12H18N4O4. The molecule has 1 aromatic rings. The Balaban J connectivity index is 2.19. The van der Waals surface area contributed by atoms with E-state index in [0.29, 0.717) is 0 Å². The summed E-state index contributed by atoms with van der Waals surface area (Å²) < 4.78 is 1.31. The average molecular weight is 282 g/mol. The van der Waals surface area contributed by atoms with Crippen LogP contribution < -0.4 is 5.32 Å². The van der Waals surface area contributed by atoms with E-state index in [0.717, 1.165) is 32.1 Å². The smallest absolute Gasteiger partial charge is 0.330 e. The van der Waals surface area contributed by atoms with Crippen molar-refractivity contribution in [1.82, 2.24) is 9.78 Å². The van der Waals surface area contributed by atoms with Crippen LogP contribution in [-0.4, -0.2) is 31.8 Å². The second kappa shape index (κ2) is 5.89. The topological polar surface area (TPSA) is 110 Å². The summed E-state index contributed by atoms with van der Waals surface area (Å²) in [5, 5.41) is 27.0. The van der Waals surface area contributed by atoms with Crippen molar-refractivity contribution in [2.45, 2.75) is 38.1 Å². The molecule has 0 saturated heterocycles. The minimum atomic E-state index is -0.989. The summed E-state index contributed by atoms with van der Waals surface area (Å²) in [6.45, 7) is 0. The molecule has 0 radical (unpaired) electrons. The van der Waals surface area contributed by atoms with Crippen LogP contribution in [0.25, 0.3) is 0 Å². The van der Waals surface area contributed by atoms with Crippen molar-refractivity contribution in [2.24, 2.45) is 13.0 Å². The highest BCUT2D eigenvalue weighted by Gasteiger charge is 2.32. The first-order valence-corrected chi connectivity index (χ1v) is 6.66. The monoisotopic (exact) mass is 282 g/mol. The number of anilines is 1. The van der Waals surface area contributed by atoms with Crippen LogP contribution in [0.3, 0.4) is 0 Å². The van der Waals surface area contributed by atoms with Crippen molar-refractivity contribution in [3.63, 3.8) is 0 Å². The van der Waals surface area contributed by atoms with Crippen LogP contribution in [-0.2, 0) is 11.8 Å². The van der Waals surface area contributed by atoms with E-state index in [4.69, 9.17) is 0 Å². The zero-order valence-corrected chi connectivity index (χ0v) is 11.3. The van der Waals surface area contributed by atoms with Crippen LogP contribution >= 0.6 is 0 Å². The summed E-state index contributed by atoms with van der Waals surface area (Å²) in [4.78, 5) is 21.8. The first-order valence-electron chi connectivity index (χ1n) is 6.66. The summed E-state index contributed by atoms with van der Waals surface area (Å²) in [5.74, 6) is -0.977. The third-order valence-corrected chi connectivity index (χ3v) is 3.69. The third kappa shape index (κ3) is 3.06. The van der Waals surface area contributed by atoms with E-state index < -0.39 is 16.9 Å². The van der Waals surface area contributed by atoms with E-state index >= 15 is 0 Å². The summed E-state index contributed by atoms with van der Waals surface area (Å²) in [6, 6.07) is -0.830. The number of aliphatic carboxylic acids is 1. The predicted molar refractivity (Wildman–Crippen MR) is 71.5 cm³/mol. The molecule has 1 atom stereocenters. The maximum Gasteiger partial charge on any atom is 0.330 e. The Hall–Kier alpha value is -2.12. The van der Waals surface area contributed by atoms with Gasteiger partial charge in [0.15, 0.2) is 0 Å². The highest BCUT2D eigenvalue weighted by molar-refractivity contribution is 5.78. The maximum absolute atomic E-state index is 11.4. The fraction of sp³-hybridized carbons (Fsp3) is 0.667. The van der Waals surface area contributed by atoms with Gasteiger partial charge in [0.1, 0.15) is 12.2 Å². The number of rotatable bonds is 5. The fourth-order valence-electron chi connectivity index (χ4n) is 2.71. The van der Waals surface area contributed by atoms with Gasteiger partial charge in [0.25, 0.3) is 0 Å². The van der Waals surface area contributed by atoms with Crippen LogP contribution in [0, 0.1) is 16.0 Å². The number of aryl methyl sites for hydroxylation is 1. The Kier molecular flexibility index (Phi) is 4.21. The fourth-order valence-corrected chi connectivity index (χ4v) is 2.71. The van der Waals surface area contributed by atoms with E-state index in [9.17, 15) is 20.0 Å². The molecule has 2 rings (SSSR count). The lowest BCUT2D eigenvalue weighted by Gasteiger charge is -2.27. The van der Waals surface area contributed by atoms with Gasteiger partial charge in [0.2, 0.25) is 5.82 Å². The zero-order valence-electron chi connectivity index (χ0n) is 11.3. The Labute approximate surface area is 115 Å². The van der Waals surface area contributed by atoms with Gasteiger partial charge in [-0.05, 0) is 18.8 Å². The van der Waals surface area contributed by atoms with E-state index in [-0.39, 0.29) is 17.4 Å². The van der Waals surface area contributed by atoms with Gasteiger partial charge in [-0.15, -0.1) is 5.10 Å². The number of nitrogens with zero attached hydrogens (tertiary/aromatic N) is 3. The minimum absolute atomic E-state index is 0.0112. The second-order valence-corrected chi connectivity index (χ2v) is 5.15. The van der Waals surface area contributed by atoms with Gasteiger partial charge in [0, 0.05) is 7.05 Å². The van der Waals surface area contributed by atoms with Gasteiger partial charge < -0.3 is 10.4 Å². The van der Waals surface area contributed by atoms with Gasteiger partial charge in [-0.2, -0.15) is 0 Å². The van der Waals surface area contributed by atoms with Crippen LogP contribution in [0.1, 0.15) is 32.1 Å². The average Bonchev–Trinajstić information content (AvgIpc) is 2.78. The van der Waals surface area contributed by atoms with Crippen molar-refractivity contribution >= 4 is 17.5 Å². The number of carbonyl (C=O) groups is 1. The number of aromatic nitrogens is 2. The molecule has 0 aliphatic heterocycles. The molecule has 0 bridgehead atoms. The predicted octanol–water partition coefficient (Wildman–Crippen LogP) is 1.77. The summed E-state index contributed by atoms with van der Waals surface area (Å²) in [5.41, 5.74) is -0.199. The first-order chi connectivity index (χ1) is 9.49. The minimum Gasteiger partial charge on any atom is -0.480 e. The largest absolute Gasteiger partial charge is 0.480 e. The number of carboxylic acids is 1. The number of hydrogen-bond acceptors (Lipinski definition) is 5. The van der Waals surface area contributed by atoms with Crippen molar-refractivity contribution < 1.29 is 14.8 Å². The van der Waals surface area contributed by atoms with Gasteiger partial charge in [-0.1, -0.05) is 19.3 Å². The Morgan fingerprint density at radius 2 is 2.20 bits per heavy atom. The zero-order chi connectivity index (χ0) is 14.7. The molecular weight excluding hydrogens is 264 g/mol. The van der Waals surface area contributed by atoms with Crippen molar-refractivity contribution in [3.05, 3.63) is 16.3 Å². The van der Waals surface area contributed by atoms with Crippen LogP contribution in [0.15, 0.2) is 6.20 Å². The lowest BCUT2D eigenvalue weighted by atomic mass is 9.84. The Morgan fingerprint density at radius 1 is 1.55 bits per heavy atom. The molecule has 1 unspecified atom stereocenters. The molecule has 0 aromatic carbocycles. The summed E-state index contributed by atoms with van der Waals surface area (Å²) >= 11 is 0. The number of carboxylic acid groups (broad SMARTS) is 1. The van der Waals surface area contributed by atoms with E-state index in [2.05, 4.69) is 10.4 Å². The Morgan fingerprint density at radius 3 is 2.75 bits per heavy atom. The molecule has 1 fully saturated rings. The molecule has 1 heterocycles. The molecule has 1 aliphatic rings. The van der Waals surface area contributed by atoms with Crippen LogP contribution in [0.5, 0.6) is 0 Å². The maximum atomic E-state index is 11.4. The molecule has 1 saturated carbocycles. The van der Waals surface area contributed by atoms with Crippen LogP contribution in [0.4, 0.5) is 11.5 Å². The van der Waals surface area contributed by atoms with Crippen molar-refractivity contribution in [2.75, 3.05) is 5.32 Å². The molecule has 20 heavy (non-hydrogen) atoms. The summed E-state index contributed by atoms with van der Waals surface area (Å²) in [7, 11) is 1.56. The van der Waals surface area contributed by atoms with E-state index in [1.54, 1.807) is 7.05 Å². The molecule has 8 nitrogen and oxygen atoms in total. The Bertz CT molecular complexity index is 508. The highest BCUT2D eigenvalue weighted by Crippen LogP contribution is 2.30. The molecule has 2 N–H and O–H groups in total. The number of nitro groups is 1. The van der Waals surface area contributed by atoms with Gasteiger partial charge >= 0.3 is 11.7 Å². The van der Waals surface area contributed by atoms with Gasteiger partial charge in [-0.3, -0.25) is 14.8 Å². The lowest BCUT2D eigenvalue weighted by Crippen LogP contribution is -2.38.